The highest BCUT2D eigenvalue weighted by molar-refractivity contribution is 5.12. The zero-order chi connectivity index (χ0) is 17.9. The molecule has 1 N–H and O–H groups in total. The van der Waals surface area contributed by atoms with Crippen LogP contribution in [-0.2, 0) is 18.3 Å². The van der Waals surface area contributed by atoms with Gasteiger partial charge in [-0.3, -0.25) is 4.90 Å². The molecule has 7 heteroatoms. The van der Waals surface area contributed by atoms with E-state index < -0.39 is 0 Å². The van der Waals surface area contributed by atoms with Gasteiger partial charge in [0, 0.05) is 56.8 Å². The highest BCUT2D eigenvalue weighted by Gasteiger charge is 2.34. The number of hydrogen-bond donors (Lipinski definition) is 1. The first-order valence-electron chi connectivity index (χ1n) is 9.59. The molecule has 1 aliphatic heterocycles. The first-order valence-corrected chi connectivity index (χ1v) is 9.59. The summed E-state index contributed by atoms with van der Waals surface area (Å²) in [7, 11) is 2.05. The van der Waals surface area contributed by atoms with Gasteiger partial charge in [0.1, 0.15) is 5.82 Å². The number of hydrogen-bond acceptors (Lipinski definition) is 6. The van der Waals surface area contributed by atoms with Gasteiger partial charge in [-0.2, -0.15) is 0 Å². The molecule has 0 radical (unpaired) electrons. The van der Waals surface area contributed by atoms with Gasteiger partial charge in [-0.05, 0) is 19.4 Å². The third-order valence-corrected chi connectivity index (χ3v) is 5.36. The van der Waals surface area contributed by atoms with E-state index in [0.29, 0.717) is 5.92 Å². The Balaban J connectivity index is 1.38. The molecule has 1 saturated carbocycles. The Hall–Kier alpha value is -1.83. The normalized spacial score (nSPS) is 24.1. The summed E-state index contributed by atoms with van der Waals surface area (Å²) in [5.74, 6) is 1.60. The van der Waals surface area contributed by atoms with Gasteiger partial charge in [-0.15, -0.1) is 0 Å². The van der Waals surface area contributed by atoms with E-state index in [9.17, 15) is 0 Å². The van der Waals surface area contributed by atoms with Crippen LogP contribution in [0.3, 0.4) is 0 Å². The first-order chi connectivity index (χ1) is 12.8. The number of aryl methyl sites for hydroxylation is 1. The van der Waals surface area contributed by atoms with E-state index in [4.69, 9.17) is 4.74 Å². The maximum Gasteiger partial charge on any atom is 0.131 e. The fourth-order valence-corrected chi connectivity index (χ4v) is 3.71. The van der Waals surface area contributed by atoms with Gasteiger partial charge in [0.05, 0.1) is 30.8 Å². The van der Waals surface area contributed by atoms with Crippen molar-refractivity contribution in [2.45, 2.75) is 44.4 Å². The summed E-state index contributed by atoms with van der Waals surface area (Å²) in [4.78, 5) is 15.8. The number of rotatable bonds is 7. The molecule has 1 saturated heterocycles. The average molecular weight is 356 g/mol. The smallest absolute Gasteiger partial charge is 0.131 e. The summed E-state index contributed by atoms with van der Waals surface area (Å²) in [5.41, 5.74) is 2.32. The lowest BCUT2D eigenvalue weighted by atomic mass is 10.0. The van der Waals surface area contributed by atoms with Gasteiger partial charge >= 0.3 is 0 Å². The molecule has 2 fully saturated rings. The van der Waals surface area contributed by atoms with Crippen LogP contribution in [0.1, 0.15) is 48.8 Å². The fourth-order valence-electron chi connectivity index (χ4n) is 3.71. The molecule has 140 valence electrons. The minimum atomic E-state index is 0.103. The minimum absolute atomic E-state index is 0.103. The Morgan fingerprint density at radius 2 is 2.04 bits per heavy atom. The van der Waals surface area contributed by atoms with E-state index >= 15 is 0 Å². The fraction of sp³-hybridized carbons (Fsp3) is 0.632. The zero-order valence-corrected chi connectivity index (χ0v) is 15.6. The quantitative estimate of drug-likeness (QED) is 0.813. The largest absolute Gasteiger partial charge is 0.374 e. The molecule has 1 aliphatic carbocycles. The van der Waals surface area contributed by atoms with E-state index in [1.165, 1.54) is 18.5 Å². The Kier molecular flexibility index (Phi) is 5.28. The van der Waals surface area contributed by atoms with Crippen molar-refractivity contribution >= 4 is 0 Å². The highest BCUT2D eigenvalue weighted by Crippen LogP contribution is 2.37. The Morgan fingerprint density at radius 3 is 2.69 bits per heavy atom. The van der Waals surface area contributed by atoms with E-state index in [1.807, 2.05) is 32.0 Å². The number of nitrogens with zero attached hydrogens (tertiary/aromatic N) is 5. The summed E-state index contributed by atoms with van der Waals surface area (Å²) < 4.78 is 8.22. The lowest BCUT2D eigenvalue weighted by Gasteiger charge is -2.40. The van der Waals surface area contributed by atoms with E-state index in [0.717, 1.165) is 44.2 Å². The summed E-state index contributed by atoms with van der Waals surface area (Å²) in [6.45, 7) is 6.49. The maximum atomic E-state index is 6.12. The monoisotopic (exact) mass is 356 g/mol. The van der Waals surface area contributed by atoms with Crippen LogP contribution >= 0.6 is 0 Å². The molecule has 0 bridgehead atoms. The van der Waals surface area contributed by atoms with Crippen LogP contribution in [0.2, 0.25) is 0 Å². The Morgan fingerprint density at radius 1 is 1.23 bits per heavy atom. The summed E-state index contributed by atoms with van der Waals surface area (Å²) in [5, 5.41) is 3.53. The molecule has 2 aliphatic rings. The Bertz CT molecular complexity index is 711. The maximum absolute atomic E-state index is 6.12. The second-order valence-corrected chi connectivity index (χ2v) is 7.27. The van der Waals surface area contributed by atoms with Gasteiger partial charge in [0.15, 0.2) is 0 Å². The molecule has 26 heavy (non-hydrogen) atoms. The molecule has 2 aromatic heterocycles. The van der Waals surface area contributed by atoms with Crippen molar-refractivity contribution in [3.8, 4) is 0 Å². The molecular weight excluding hydrogens is 328 g/mol. The van der Waals surface area contributed by atoms with Crippen molar-refractivity contribution in [1.29, 1.82) is 0 Å². The number of nitrogens with one attached hydrogen (secondary N) is 1. The summed E-state index contributed by atoms with van der Waals surface area (Å²) >= 11 is 0. The van der Waals surface area contributed by atoms with Crippen LogP contribution in [0.5, 0.6) is 0 Å². The number of aromatic nitrogens is 4. The molecule has 4 rings (SSSR count). The average Bonchev–Trinajstić information content (AvgIpc) is 3.44. The van der Waals surface area contributed by atoms with Crippen LogP contribution in [0.25, 0.3) is 0 Å². The van der Waals surface area contributed by atoms with Crippen molar-refractivity contribution in [2.75, 3.05) is 26.2 Å². The van der Waals surface area contributed by atoms with Crippen molar-refractivity contribution in [3.05, 3.63) is 42.0 Å². The van der Waals surface area contributed by atoms with Crippen molar-refractivity contribution < 1.29 is 4.74 Å². The molecule has 3 heterocycles. The van der Waals surface area contributed by atoms with Gasteiger partial charge in [-0.25, -0.2) is 15.0 Å². The lowest BCUT2D eigenvalue weighted by molar-refractivity contribution is -0.0716. The Labute approximate surface area is 154 Å². The van der Waals surface area contributed by atoms with Crippen LogP contribution < -0.4 is 5.32 Å². The molecule has 2 aromatic rings. The zero-order valence-electron chi connectivity index (χ0n) is 15.6. The van der Waals surface area contributed by atoms with E-state index in [1.54, 1.807) is 0 Å². The van der Waals surface area contributed by atoms with Crippen molar-refractivity contribution in [3.63, 3.8) is 0 Å². The first kappa shape index (κ1) is 17.6. The third-order valence-electron chi connectivity index (χ3n) is 5.36. The molecule has 0 spiro atoms. The van der Waals surface area contributed by atoms with E-state index in [-0.39, 0.29) is 12.1 Å². The van der Waals surface area contributed by atoms with Crippen molar-refractivity contribution in [1.82, 2.24) is 29.7 Å². The number of ether oxygens (including phenoxy) is 1. The van der Waals surface area contributed by atoms with Gasteiger partial charge in [0.2, 0.25) is 0 Å². The summed E-state index contributed by atoms with van der Waals surface area (Å²) in [6.07, 6.45) is 10.3. The number of imidazole rings is 1. The molecular formula is C19H28N6O. The molecule has 0 unspecified atom stereocenters. The van der Waals surface area contributed by atoms with Crippen LogP contribution in [0.15, 0.2) is 24.9 Å². The lowest BCUT2D eigenvalue weighted by Crippen LogP contribution is -2.49. The van der Waals surface area contributed by atoms with Crippen LogP contribution in [0, 0.1) is 0 Å². The predicted octanol–water partition coefficient (Wildman–Crippen LogP) is 1.64. The third kappa shape index (κ3) is 3.79. The standard InChI is InChI=1S/C19H28N6O/c1-3-25-6-7-26-17(18(25)16-11-21-13-24(16)2)12-20-8-14-9-22-19(23-10-14)15-4-5-15/h9-11,13,15,17-18,20H,3-8,12H2,1-2H3/t17-,18-/m0/s1. The van der Waals surface area contributed by atoms with Gasteiger partial charge in [0.25, 0.3) is 0 Å². The minimum Gasteiger partial charge on any atom is -0.374 e. The predicted molar refractivity (Wildman–Crippen MR) is 98.6 cm³/mol. The molecule has 0 aromatic carbocycles. The van der Waals surface area contributed by atoms with Crippen LogP contribution in [-0.4, -0.2) is 56.8 Å². The van der Waals surface area contributed by atoms with Gasteiger partial charge in [-0.1, -0.05) is 6.92 Å². The van der Waals surface area contributed by atoms with Gasteiger partial charge < -0.3 is 14.6 Å². The van der Waals surface area contributed by atoms with Crippen LogP contribution in [0.4, 0.5) is 0 Å². The number of likely N-dealkylation sites (N-methyl/N-ethyl adjacent to an activating group) is 1. The second kappa shape index (κ2) is 7.82. The highest BCUT2D eigenvalue weighted by atomic mass is 16.5. The molecule has 2 atom stereocenters. The topological polar surface area (TPSA) is 68.1 Å². The molecule has 0 amide bonds. The summed E-state index contributed by atoms with van der Waals surface area (Å²) in [6, 6.07) is 0.224. The van der Waals surface area contributed by atoms with E-state index in [2.05, 4.69) is 36.7 Å². The second-order valence-electron chi connectivity index (χ2n) is 7.27. The SMILES string of the molecule is CCN1CCO[C@@H](CNCc2cnc(C3CC3)nc2)[C@@H]1c1cncn1C. The number of morpholine rings is 1. The van der Waals surface area contributed by atoms with Crippen molar-refractivity contribution in [2.24, 2.45) is 7.05 Å². The molecule has 7 nitrogen and oxygen atoms in total.